The molecule has 0 spiro atoms. The van der Waals surface area contributed by atoms with Gasteiger partial charge in [0.05, 0.1) is 11.7 Å². The van der Waals surface area contributed by atoms with Gasteiger partial charge in [-0.25, -0.2) is 0 Å². The number of hydrogen-bond acceptors (Lipinski definition) is 1. The predicted molar refractivity (Wildman–Crippen MR) is 80.4 cm³/mol. The highest BCUT2D eigenvalue weighted by molar-refractivity contribution is 5.85. The lowest BCUT2D eigenvalue weighted by molar-refractivity contribution is 0.173. The van der Waals surface area contributed by atoms with E-state index in [1.807, 2.05) is 0 Å². The molecule has 2 atom stereocenters. The Morgan fingerprint density at radius 2 is 1.74 bits per heavy atom. The molecule has 1 unspecified atom stereocenters. The molecule has 1 heteroatoms. The van der Waals surface area contributed by atoms with Crippen molar-refractivity contribution in [3.8, 4) is 0 Å². The molecule has 1 heterocycles. The molecule has 1 aliphatic heterocycles. The van der Waals surface area contributed by atoms with Gasteiger partial charge in [-0.15, -0.1) is 0 Å². The third kappa shape index (κ3) is 2.06. The summed E-state index contributed by atoms with van der Waals surface area (Å²) in [7, 11) is 0. The van der Waals surface area contributed by atoms with Crippen LogP contribution in [0.25, 0.3) is 10.8 Å². The summed E-state index contributed by atoms with van der Waals surface area (Å²) in [5.74, 6) is 0. The molecule has 1 saturated heterocycles. The van der Waals surface area contributed by atoms with Crippen LogP contribution in [0.4, 0.5) is 0 Å². The van der Waals surface area contributed by atoms with Crippen LogP contribution in [0.1, 0.15) is 33.3 Å². The zero-order chi connectivity index (χ0) is 13.7. The van der Waals surface area contributed by atoms with Crippen molar-refractivity contribution in [3.63, 3.8) is 0 Å². The van der Waals surface area contributed by atoms with E-state index in [-0.39, 0.29) is 11.0 Å². The van der Waals surface area contributed by atoms with Crippen LogP contribution in [0, 0.1) is 5.41 Å². The maximum atomic E-state index is 6.02. The Balaban J connectivity index is 1.89. The molecule has 0 bridgehead atoms. The van der Waals surface area contributed by atoms with E-state index in [4.69, 9.17) is 4.74 Å². The van der Waals surface area contributed by atoms with Gasteiger partial charge in [-0.3, -0.25) is 0 Å². The first-order chi connectivity index (χ1) is 8.92. The molecule has 3 rings (SSSR count). The molecule has 0 aliphatic carbocycles. The summed E-state index contributed by atoms with van der Waals surface area (Å²) in [5, 5.41) is 2.68. The summed E-state index contributed by atoms with van der Waals surface area (Å²) < 4.78 is 6.02. The van der Waals surface area contributed by atoms with Crippen molar-refractivity contribution in [1.82, 2.24) is 0 Å². The molecule has 0 N–H and O–H groups in total. The zero-order valence-electron chi connectivity index (χ0n) is 12.2. The van der Waals surface area contributed by atoms with Gasteiger partial charge in [0.15, 0.2) is 0 Å². The Labute approximate surface area is 115 Å². The molecule has 2 aromatic rings. The van der Waals surface area contributed by atoms with Gasteiger partial charge in [0.2, 0.25) is 0 Å². The van der Waals surface area contributed by atoms with Crippen molar-refractivity contribution in [3.05, 3.63) is 48.0 Å². The van der Waals surface area contributed by atoms with Crippen LogP contribution in [0.2, 0.25) is 0 Å². The molecule has 1 nitrogen and oxygen atoms in total. The normalized spacial score (nSPS) is 26.6. The molecule has 0 radical (unpaired) electrons. The van der Waals surface area contributed by atoms with Crippen molar-refractivity contribution in [2.75, 3.05) is 0 Å². The van der Waals surface area contributed by atoms with E-state index < -0.39 is 0 Å². The van der Waals surface area contributed by atoms with E-state index >= 15 is 0 Å². The number of epoxide rings is 1. The first-order valence-corrected chi connectivity index (χ1v) is 7.06. The molecule has 0 aromatic heterocycles. The molecule has 0 saturated carbocycles. The van der Waals surface area contributed by atoms with Crippen LogP contribution in [0.3, 0.4) is 0 Å². The van der Waals surface area contributed by atoms with Crippen LogP contribution in [-0.4, -0.2) is 11.7 Å². The van der Waals surface area contributed by atoms with Crippen molar-refractivity contribution in [2.45, 2.75) is 45.8 Å². The van der Waals surface area contributed by atoms with Crippen LogP contribution in [0.15, 0.2) is 42.5 Å². The second-order valence-corrected chi connectivity index (χ2v) is 6.81. The third-order valence-corrected chi connectivity index (χ3v) is 4.72. The summed E-state index contributed by atoms with van der Waals surface area (Å²) in [6.07, 6.45) is 1.35. The maximum Gasteiger partial charge on any atom is 0.0971 e. The number of fused-ring (bicyclic) bond motifs is 1. The van der Waals surface area contributed by atoms with Crippen molar-refractivity contribution < 1.29 is 4.74 Å². The van der Waals surface area contributed by atoms with Crippen LogP contribution in [-0.2, 0) is 11.2 Å². The van der Waals surface area contributed by atoms with E-state index in [2.05, 4.69) is 70.2 Å². The Kier molecular flexibility index (Phi) is 2.72. The Morgan fingerprint density at radius 3 is 2.42 bits per heavy atom. The van der Waals surface area contributed by atoms with E-state index in [9.17, 15) is 0 Å². The zero-order valence-corrected chi connectivity index (χ0v) is 12.2. The Hall–Kier alpha value is -1.34. The quantitative estimate of drug-likeness (QED) is 0.714. The smallest absolute Gasteiger partial charge is 0.0971 e. The topological polar surface area (TPSA) is 12.5 Å². The number of benzene rings is 2. The lowest BCUT2D eigenvalue weighted by Crippen LogP contribution is -2.29. The maximum absolute atomic E-state index is 6.02. The fourth-order valence-corrected chi connectivity index (χ4v) is 2.83. The summed E-state index contributed by atoms with van der Waals surface area (Å²) in [4.78, 5) is 0. The van der Waals surface area contributed by atoms with E-state index in [1.54, 1.807) is 0 Å². The highest BCUT2D eigenvalue weighted by Gasteiger charge is 2.59. The molecule has 100 valence electrons. The number of hydrogen-bond donors (Lipinski definition) is 0. The van der Waals surface area contributed by atoms with Crippen LogP contribution >= 0.6 is 0 Å². The summed E-state index contributed by atoms with van der Waals surface area (Å²) in [6, 6.07) is 15.1. The Morgan fingerprint density at radius 1 is 1.05 bits per heavy atom. The van der Waals surface area contributed by atoms with Crippen molar-refractivity contribution in [1.29, 1.82) is 0 Å². The molecule has 2 aromatic carbocycles. The van der Waals surface area contributed by atoms with E-state index in [1.165, 1.54) is 16.3 Å². The average molecular weight is 254 g/mol. The van der Waals surface area contributed by atoms with Gasteiger partial charge in [-0.05, 0) is 28.7 Å². The predicted octanol–water partition coefficient (Wildman–Crippen LogP) is 4.59. The van der Waals surface area contributed by atoms with Gasteiger partial charge < -0.3 is 4.74 Å². The van der Waals surface area contributed by atoms with Gasteiger partial charge in [-0.2, -0.15) is 0 Å². The molecule has 1 fully saturated rings. The summed E-state index contributed by atoms with van der Waals surface area (Å²) >= 11 is 0. The lowest BCUT2D eigenvalue weighted by Gasteiger charge is -2.24. The molecular weight excluding hydrogens is 232 g/mol. The van der Waals surface area contributed by atoms with Crippen LogP contribution < -0.4 is 0 Å². The largest absolute Gasteiger partial charge is 0.365 e. The third-order valence-electron chi connectivity index (χ3n) is 4.72. The number of ether oxygens (including phenoxy) is 1. The SMILES string of the molecule is CC(C)(C)[C@]1(C)OC1Cc1cccc2ccccc12. The monoisotopic (exact) mass is 254 g/mol. The van der Waals surface area contributed by atoms with E-state index in [0.717, 1.165) is 6.42 Å². The second-order valence-electron chi connectivity index (χ2n) is 6.81. The summed E-state index contributed by atoms with van der Waals surface area (Å²) in [6.45, 7) is 9.02. The minimum atomic E-state index is 0.0178. The van der Waals surface area contributed by atoms with E-state index in [0.29, 0.717) is 6.10 Å². The first-order valence-electron chi connectivity index (χ1n) is 7.06. The Bertz CT molecular complexity index is 603. The van der Waals surface area contributed by atoms with Crippen molar-refractivity contribution in [2.24, 2.45) is 5.41 Å². The molecule has 19 heavy (non-hydrogen) atoms. The fraction of sp³-hybridized carbons (Fsp3) is 0.444. The fourth-order valence-electron chi connectivity index (χ4n) is 2.83. The number of rotatable bonds is 2. The van der Waals surface area contributed by atoms with Crippen molar-refractivity contribution >= 4 is 10.8 Å². The van der Waals surface area contributed by atoms with Crippen LogP contribution in [0.5, 0.6) is 0 Å². The average Bonchev–Trinajstić information content (AvgIpc) is 3.02. The molecule has 1 aliphatic rings. The second kappa shape index (κ2) is 4.08. The van der Waals surface area contributed by atoms with Gasteiger partial charge in [0.25, 0.3) is 0 Å². The highest BCUT2D eigenvalue weighted by Crippen LogP contribution is 2.51. The minimum absolute atomic E-state index is 0.0178. The molecular formula is C18H22O. The molecule has 0 amide bonds. The van der Waals surface area contributed by atoms with Gasteiger partial charge in [0.1, 0.15) is 0 Å². The van der Waals surface area contributed by atoms with Gasteiger partial charge in [-0.1, -0.05) is 63.2 Å². The summed E-state index contributed by atoms with van der Waals surface area (Å²) in [5.41, 5.74) is 1.61. The first kappa shape index (κ1) is 12.7. The standard InChI is InChI=1S/C18H22O/c1-17(2,3)18(4)16(19-18)12-14-10-7-9-13-8-5-6-11-15(13)14/h5-11,16H,12H2,1-4H3/t16?,18-/m1/s1. The lowest BCUT2D eigenvalue weighted by atomic mass is 9.78. The highest BCUT2D eigenvalue weighted by atomic mass is 16.6. The van der Waals surface area contributed by atoms with Gasteiger partial charge in [0, 0.05) is 6.42 Å². The minimum Gasteiger partial charge on any atom is -0.365 e. The van der Waals surface area contributed by atoms with Gasteiger partial charge >= 0.3 is 0 Å².